The molecule has 3 aromatic rings. The highest BCUT2D eigenvalue weighted by molar-refractivity contribution is 5.51. The van der Waals surface area contributed by atoms with Crippen molar-refractivity contribution in [2.75, 3.05) is 0 Å². The van der Waals surface area contributed by atoms with Gasteiger partial charge in [0.1, 0.15) is 6.54 Å². The number of benzene rings is 1. The zero-order valence-corrected chi connectivity index (χ0v) is 11.1. The number of aromatic nitrogens is 4. The van der Waals surface area contributed by atoms with E-state index >= 15 is 0 Å². The maximum atomic E-state index is 10.7. The van der Waals surface area contributed by atoms with Crippen molar-refractivity contribution in [3.8, 4) is 11.5 Å². The number of nitro groups is 1. The molecular weight excluding hydrogens is 274 g/mol. The van der Waals surface area contributed by atoms with Crippen LogP contribution in [0.3, 0.4) is 0 Å². The van der Waals surface area contributed by atoms with Gasteiger partial charge in [-0.1, -0.05) is 18.2 Å². The topological polar surface area (TPSA) is 99.9 Å². The molecule has 0 aliphatic rings. The average molecular weight is 285 g/mol. The Morgan fingerprint density at radius 3 is 2.71 bits per heavy atom. The first kappa shape index (κ1) is 13.0. The predicted octanol–water partition coefficient (Wildman–Crippen LogP) is 2.20. The molecule has 0 radical (unpaired) electrons. The molecule has 3 rings (SSSR count). The molecule has 0 saturated heterocycles. The van der Waals surface area contributed by atoms with Crippen molar-refractivity contribution >= 4 is 5.82 Å². The van der Waals surface area contributed by atoms with Crippen molar-refractivity contribution in [3.63, 3.8) is 0 Å². The van der Waals surface area contributed by atoms with E-state index in [-0.39, 0.29) is 12.4 Å². The van der Waals surface area contributed by atoms with Gasteiger partial charge in [-0.05, 0) is 24.0 Å². The first-order chi connectivity index (χ1) is 10.1. The van der Waals surface area contributed by atoms with E-state index in [1.165, 1.54) is 10.7 Å². The van der Waals surface area contributed by atoms with Gasteiger partial charge >= 0.3 is 5.82 Å². The molecule has 8 heteroatoms. The van der Waals surface area contributed by atoms with E-state index < -0.39 is 4.92 Å². The van der Waals surface area contributed by atoms with Crippen LogP contribution < -0.4 is 0 Å². The van der Waals surface area contributed by atoms with Crippen molar-refractivity contribution in [2.24, 2.45) is 0 Å². The lowest BCUT2D eigenvalue weighted by atomic mass is 10.2. The summed E-state index contributed by atoms with van der Waals surface area (Å²) in [7, 11) is 0. The second kappa shape index (κ2) is 5.16. The van der Waals surface area contributed by atoms with Crippen molar-refractivity contribution in [1.29, 1.82) is 0 Å². The van der Waals surface area contributed by atoms with Crippen molar-refractivity contribution in [1.82, 2.24) is 20.0 Å². The number of rotatable bonds is 4. The van der Waals surface area contributed by atoms with Crippen LogP contribution in [0.2, 0.25) is 0 Å². The van der Waals surface area contributed by atoms with Crippen LogP contribution in [0.5, 0.6) is 0 Å². The third kappa shape index (κ3) is 2.64. The van der Waals surface area contributed by atoms with Crippen molar-refractivity contribution in [2.45, 2.75) is 13.5 Å². The van der Waals surface area contributed by atoms with Crippen LogP contribution in [0.25, 0.3) is 11.5 Å². The molecule has 2 aromatic heterocycles. The van der Waals surface area contributed by atoms with Gasteiger partial charge in [-0.2, -0.15) is 4.68 Å². The van der Waals surface area contributed by atoms with Gasteiger partial charge in [0.15, 0.2) is 0 Å². The lowest BCUT2D eigenvalue weighted by molar-refractivity contribution is -0.389. The number of hydrogen-bond acceptors (Lipinski definition) is 6. The summed E-state index contributed by atoms with van der Waals surface area (Å²) in [5.74, 6) is 0.551. The van der Waals surface area contributed by atoms with Gasteiger partial charge in [0, 0.05) is 5.56 Å². The minimum atomic E-state index is -0.535. The maximum Gasteiger partial charge on any atom is 0.390 e. The Morgan fingerprint density at radius 1 is 1.29 bits per heavy atom. The van der Waals surface area contributed by atoms with Gasteiger partial charge in [-0.3, -0.25) is 0 Å². The highest BCUT2D eigenvalue weighted by Gasteiger charge is 2.18. The largest absolute Gasteiger partial charge is 0.419 e. The molecule has 0 aliphatic heterocycles. The summed E-state index contributed by atoms with van der Waals surface area (Å²) >= 11 is 0. The van der Waals surface area contributed by atoms with E-state index in [9.17, 15) is 10.1 Å². The summed E-state index contributed by atoms with van der Waals surface area (Å²) in [5, 5.41) is 22.5. The SMILES string of the molecule is Cc1cc([N+](=O)[O-])nn1Cc1nnc(-c2ccccc2)o1. The molecule has 106 valence electrons. The Balaban J connectivity index is 1.83. The van der Waals surface area contributed by atoms with Gasteiger partial charge < -0.3 is 14.5 Å². The average Bonchev–Trinajstić information content (AvgIpc) is 3.08. The molecule has 2 heterocycles. The quantitative estimate of drug-likeness (QED) is 0.538. The standard InChI is InChI=1S/C13H11N5O3/c1-9-7-11(18(19)20)16-17(9)8-12-14-15-13(21-12)10-5-3-2-4-6-10/h2-7H,8H2,1H3. The molecular formula is C13H11N5O3. The van der Waals surface area contributed by atoms with Crippen LogP contribution >= 0.6 is 0 Å². The fraction of sp³-hybridized carbons (Fsp3) is 0.154. The molecule has 0 bridgehead atoms. The first-order valence-corrected chi connectivity index (χ1v) is 6.20. The molecule has 0 saturated carbocycles. The fourth-order valence-electron chi connectivity index (χ4n) is 1.89. The molecule has 0 unspecified atom stereocenters. The molecule has 0 fully saturated rings. The van der Waals surface area contributed by atoms with Gasteiger partial charge in [0.25, 0.3) is 0 Å². The number of hydrogen-bond donors (Lipinski definition) is 0. The van der Waals surface area contributed by atoms with E-state index in [4.69, 9.17) is 4.42 Å². The zero-order valence-electron chi connectivity index (χ0n) is 11.1. The van der Waals surface area contributed by atoms with Gasteiger partial charge in [0.05, 0.1) is 16.9 Å². The molecule has 0 amide bonds. The Bertz CT molecular complexity index is 778. The molecule has 21 heavy (non-hydrogen) atoms. The Hall–Kier alpha value is -3.03. The normalized spacial score (nSPS) is 10.7. The maximum absolute atomic E-state index is 10.7. The fourth-order valence-corrected chi connectivity index (χ4v) is 1.89. The van der Waals surface area contributed by atoms with Crippen LogP contribution in [0.4, 0.5) is 5.82 Å². The van der Waals surface area contributed by atoms with Crippen molar-refractivity contribution < 1.29 is 9.34 Å². The lowest BCUT2D eigenvalue weighted by Gasteiger charge is -1.94. The highest BCUT2D eigenvalue weighted by Crippen LogP contribution is 2.18. The molecule has 0 spiro atoms. The smallest absolute Gasteiger partial charge is 0.390 e. The molecule has 8 nitrogen and oxygen atoms in total. The number of aryl methyl sites for hydroxylation is 1. The second-order valence-electron chi connectivity index (χ2n) is 4.43. The van der Waals surface area contributed by atoms with Gasteiger partial charge in [-0.15, -0.1) is 10.2 Å². The summed E-state index contributed by atoms with van der Waals surface area (Å²) in [6.07, 6.45) is 0. The van der Waals surface area contributed by atoms with Gasteiger partial charge in [-0.25, -0.2) is 0 Å². The summed E-state index contributed by atoms with van der Waals surface area (Å²) in [6.45, 7) is 1.92. The third-order valence-corrected chi connectivity index (χ3v) is 2.93. The van der Waals surface area contributed by atoms with Crippen LogP contribution in [-0.2, 0) is 6.54 Å². The van der Waals surface area contributed by atoms with E-state index in [0.717, 1.165) is 5.56 Å². The Morgan fingerprint density at radius 2 is 2.05 bits per heavy atom. The summed E-state index contributed by atoms with van der Waals surface area (Å²) in [5.41, 5.74) is 1.47. The van der Waals surface area contributed by atoms with E-state index in [1.807, 2.05) is 30.3 Å². The zero-order chi connectivity index (χ0) is 14.8. The molecule has 1 aromatic carbocycles. The van der Waals surface area contributed by atoms with Gasteiger partial charge in [0.2, 0.25) is 11.8 Å². The van der Waals surface area contributed by atoms with Crippen LogP contribution in [0.1, 0.15) is 11.6 Å². The lowest BCUT2D eigenvalue weighted by Crippen LogP contribution is -2.04. The minimum absolute atomic E-state index is 0.194. The minimum Gasteiger partial charge on any atom is -0.419 e. The second-order valence-corrected chi connectivity index (χ2v) is 4.43. The van der Waals surface area contributed by atoms with E-state index in [2.05, 4.69) is 15.3 Å². The molecule has 0 N–H and O–H groups in total. The third-order valence-electron chi connectivity index (χ3n) is 2.93. The van der Waals surface area contributed by atoms with Crippen LogP contribution in [-0.4, -0.2) is 24.9 Å². The molecule has 0 aliphatic carbocycles. The predicted molar refractivity (Wildman–Crippen MR) is 72.5 cm³/mol. The van der Waals surface area contributed by atoms with Crippen molar-refractivity contribution in [3.05, 3.63) is 58.1 Å². The molecule has 0 atom stereocenters. The summed E-state index contributed by atoms with van der Waals surface area (Å²) in [4.78, 5) is 10.2. The Labute approximate surface area is 119 Å². The summed E-state index contributed by atoms with van der Waals surface area (Å²) < 4.78 is 7.00. The van der Waals surface area contributed by atoms with E-state index in [1.54, 1.807) is 6.92 Å². The monoisotopic (exact) mass is 285 g/mol. The number of nitrogens with zero attached hydrogens (tertiary/aromatic N) is 5. The first-order valence-electron chi connectivity index (χ1n) is 6.20. The van der Waals surface area contributed by atoms with E-state index in [0.29, 0.717) is 17.5 Å². The highest BCUT2D eigenvalue weighted by atomic mass is 16.6. The summed E-state index contributed by atoms with van der Waals surface area (Å²) in [6, 6.07) is 10.8. The van der Waals surface area contributed by atoms with Crippen LogP contribution in [0.15, 0.2) is 40.8 Å². The van der Waals surface area contributed by atoms with Crippen LogP contribution in [0, 0.1) is 17.0 Å². The Kier molecular flexibility index (Phi) is 3.19.